The number of benzene rings is 1. The van der Waals surface area contributed by atoms with Crippen molar-refractivity contribution in [1.29, 1.82) is 0 Å². The first-order chi connectivity index (χ1) is 11.9. The van der Waals surface area contributed by atoms with Crippen molar-refractivity contribution in [3.8, 4) is 0 Å². The minimum absolute atomic E-state index is 0.0640. The zero-order valence-electron chi connectivity index (χ0n) is 14.6. The van der Waals surface area contributed by atoms with Crippen LogP contribution in [0.4, 0.5) is 0 Å². The van der Waals surface area contributed by atoms with Crippen LogP contribution in [0, 0.1) is 5.92 Å². The molecule has 0 saturated heterocycles. The number of hydrogen-bond donors (Lipinski definition) is 3. The zero-order chi connectivity index (χ0) is 18.0. The highest BCUT2D eigenvalue weighted by atomic mass is 79.9. The third kappa shape index (κ3) is 3.89. The molecule has 0 spiro atoms. The molecular weight excluding hydrogens is 382 g/mol. The predicted molar refractivity (Wildman–Crippen MR) is 103 cm³/mol. The van der Waals surface area contributed by atoms with Crippen LogP contribution in [0.3, 0.4) is 0 Å². The molecule has 134 valence electrons. The minimum Gasteiger partial charge on any atom is -0.354 e. The number of halogens is 1. The summed E-state index contributed by atoms with van der Waals surface area (Å²) < 4.78 is 0.964. The first-order valence-corrected chi connectivity index (χ1v) is 9.58. The van der Waals surface area contributed by atoms with Crippen LogP contribution in [-0.2, 0) is 4.79 Å². The van der Waals surface area contributed by atoms with Gasteiger partial charge in [0.15, 0.2) is 0 Å². The van der Waals surface area contributed by atoms with Gasteiger partial charge in [-0.05, 0) is 43.0 Å². The molecule has 1 aliphatic carbocycles. The maximum atomic E-state index is 12.8. The van der Waals surface area contributed by atoms with E-state index < -0.39 is 5.54 Å². The van der Waals surface area contributed by atoms with Crippen LogP contribution in [0.15, 0.2) is 28.7 Å². The van der Waals surface area contributed by atoms with Gasteiger partial charge in [0.25, 0.3) is 5.91 Å². The summed E-state index contributed by atoms with van der Waals surface area (Å²) in [5.41, 5.74) is 0.596. The molecule has 0 atom stereocenters. The number of fused-ring (bicyclic) bond motifs is 1. The van der Waals surface area contributed by atoms with Gasteiger partial charge >= 0.3 is 0 Å². The lowest BCUT2D eigenvalue weighted by atomic mass is 9.95. The summed E-state index contributed by atoms with van der Waals surface area (Å²) in [6.07, 6.45) is 3.28. The molecule has 3 N–H and O–H groups in total. The van der Waals surface area contributed by atoms with Gasteiger partial charge in [0.1, 0.15) is 11.2 Å². The Balaban J connectivity index is 1.79. The molecule has 1 aromatic heterocycles. The number of rotatable bonds is 5. The topological polar surface area (TPSA) is 74.0 Å². The molecule has 1 aromatic carbocycles. The fraction of sp³-hybridized carbons (Fsp3) is 0.474. The van der Waals surface area contributed by atoms with Crippen molar-refractivity contribution in [1.82, 2.24) is 15.6 Å². The normalized spacial score (nSPS) is 16.3. The van der Waals surface area contributed by atoms with E-state index in [0.29, 0.717) is 31.0 Å². The van der Waals surface area contributed by atoms with Crippen LogP contribution in [0.1, 0.15) is 50.0 Å². The number of aromatic amines is 1. The number of carbonyl (C=O) groups is 2. The molecule has 0 unspecified atom stereocenters. The third-order valence-corrected chi connectivity index (χ3v) is 5.24. The summed E-state index contributed by atoms with van der Waals surface area (Å²) in [6, 6.07) is 7.64. The lowest BCUT2D eigenvalue weighted by Gasteiger charge is -2.29. The maximum Gasteiger partial charge on any atom is 0.268 e. The third-order valence-electron chi connectivity index (χ3n) is 4.74. The standard InChI is InChI=1S/C19H24BrN3O2/c1-12(2)11-21-18(25)19(7-3-4-8-19)23-17(24)16-10-13-9-14(20)5-6-15(13)22-16/h5-6,9-10,12,22H,3-4,7-8,11H2,1-2H3,(H,21,25)(H,23,24). The SMILES string of the molecule is CC(C)CNC(=O)C1(NC(=O)c2cc3cc(Br)ccc3[nH]2)CCCC1. The highest BCUT2D eigenvalue weighted by Gasteiger charge is 2.42. The zero-order valence-corrected chi connectivity index (χ0v) is 16.2. The molecule has 3 rings (SSSR count). The summed E-state index contributed by atoms with van der Waals surface area (Å²) in [4.78, 5) is 28.6. The average Bonchev–Trinajstić information content (AvgIpc) is 3.19. The van der Waals surface area contributed by atoms with Crippen molar-refractivity contribution >= 4 is 38.6 Å². The molecule has 25 heavy (non-hydrogen) atoms. The quantitative estimate of drug-likeness (QED) is 0.708. The van der Waals surface area contributed by atoms with Gasteiger partial charge in [-0.15, -0.1) is 0 Å². The molecule has 1 saturated carbocycles. The summed E-state index contributed by atoms with van der Waals surface area (Å²) in [5, 5.41) is 6.96. The van der Waals surface area contributed by atoms with Crippen molar-refractivity contribution in [3.05, 3.63) is 34.4 Å². The van der Waals surface area contributed by atoms with E-state index >= 15 is 0 Å². The largest absolute Gasteiger partial charge is 0.354 e. The van der Waals surface area contributed by atoms with Gasteiger partial charge in [-0.3, -0.25) is 9.59 Å². The Kier molecular flexibility index (Phi) is 5.18. The number of amides is 2. The summed E-state index contributed by atoms with van der Waals surface area (Å²) >= 11 is 3.44. The predicted octanol–water partition coefficient (Wildman–Crippen LogP) is 3.75. The Morgan fingerprint density at radius 3 is 2.64 bits per heavy atom. The van der Waals surface area contributed by atoms with Crippen molar-refractivity contribution in [2.45, 2.75) is 45.1 Å². The molecule has 1 fully saturated rings. The van der Waals surface area contributed by atoms with Crippen molar-refractivity contribution in [2.24, 2.45) is 5.92 Å². The van der Waals surface area contributed by atoms with Gasteiger partial charge < -0.3 is 15.6 Å². The first-order valence-electron chi connectivity index (χ1n) is 8.79. The van der Waals surface area contributed by atoms with E-state index in [1.165, 1.54) is 0 Å². The summed E-state index contributed by atoms with van der Waals surface area (Å²) in [5.74, 6) is 0.0880. The van der Waals surface area contributed by atoms with E-state index in [-0.39, 0.29) is 11.8 Å². The van der Waals surface area contributed by atoms with E-state index in [1.807, 2.05) is 24.3 Å². The minimum atomic E-state index is -0.788. The Morgan fingerprint density at radius 1 is 1.24 bits per heavy atom. The molecule has 5 nitrogen and oxygen atoms in total. The highest BCUT2D eigenvalue weighted by Crippen LogP contribution is 2.30. The Hall–Kier alpha value is -1.82. The van der Waals surface area contributed by atoms with Crippen molar-refractivity contribution in [2.75, 3.05) is 6.54 Å². The first kappa shape index (κ1) is 18.0. The van der Waals surface area contributed by atoms with E-state index in [1.54, 1.807) is 0 Å². The van der Waals surface area contributed by atoms with Gasteiger partial charge in [0.2, 0.25) is 5.91 Å². The fourth-order valence-electron chi connectivity index (χ4n) is 3.36. The highest BCUT2D eigenvalue weighted by molar-refractivity contribution is 9.10. The second-order valence-electron chi connectivity index (χ2n) is 7.26. The molecule has 1 heterocycles. The van der Waals surface area contributed by atoms with E-state index in [4.69, 9.17) is 0 Å². The fourth-order valence-corrected chi connectivity index (χ4v) is 3.74. The number of aromatic nitrogens is 1. The van der Waals surface area contributed by atoms with E-state index in [0.717, 1.165) is 28.2 Å². The lowest BCUT2D eigenvalue weighted by Crippen LogP contribution is -2.57. The Labute approximate surface area is 156 Å². The molecule has 0 radical (unpaired) electrons. The van der Waals surface area contributed by atoms with E-state index in [2.05, 4.69) is 45.4 Å². The molecule has 2 amide bonds. The molecule has 0 bridgehead atoms. The van der Waals surface area contributed by atoms with Gasteiger partial charge in [-0.2, -0.15) is 0 Å². The molecular formula is C19H24BrN3O2. The number of hydrogen-bond acceptors (Lipinski definition) is 2. The number of carbonyl (C=O) groups excluding carboxylic acids is 2. The molecule has 1 aliphatic rings. The van der Waals surface area contributed by atoms with Gasteiger partial charge in [-0.1, -0.05) is 42.6 Å². The Morgan fingerprint density at radius 2 is 1.96 bits per heavy atom. The molecule has 2 aromatic rings. The van der Waals surface area contributed by atoms with Crippen LogP contribution in [-0.4, -0.2) is 28.9 Å². The monoisotopic (exact) mass is 405 g/mol. The molecule has 6 heteroatoms. The number of nitrogens with one attached hydrogen (secondary N) is 3. The van der Waals surface area contributed by atoms with Gasteiger partial charge in [0.05, 0.1) is 0 Å². The van der Waals surface area contributed by atoms with Gasteiger partial charge in [-0.25, -0.2) is 0 Å². The van der Waals surface area contributed by atoms with Crippen molar-refractivity contribution in [3.63, 3.8) is 0 Å². The van der Waals surface area contributed by atoms with Crippen LogP contribution in [0.2, 0.25) is 0 Å². The average molecular weight is 406 g/mol. The number of H-pyrrole nitrogens is 1. The van der Waals surface area contributed by atoms with E-state index in [9.17, 15) is 9.59 Å². The lowest BCUT2D eigenvalue weighted by molar-refractivity contribution is -0.127. The summed E-state index contributed by atoms with van der Waals surface area (Å²) in [7, 11) is 0. The van der Waals surface area contributed by atoms with Crippen molar-refractivity contribution < 1.29 is 9.59 Å². The van der Waals surface area contributed by atoms with Crippen LogP contribution < -0.4 is 10.6 Å². The smallest absolute Gasteiger partial charge is 0.268 e. The van der Waals surface area contributed by atoms with Crippen LogP contribution >= 0.6 is 15.9 Å². The second-order valence-corrected chi connectivity index (χ2v) is 8.18. The Bertz CT molecular complexity index is 791. The summed E-state index contributed by atoms with van der Waals surface area (Å²) in [6.45, 7) is 4.74. The van der Waals surface area contributed by atoms with Crippen LogP contribution in [0.25, 0.3) is 10.9 Å². The van der Waals surface area contributed by atoms with Gasteiger partial charge in [0, 0.05) is 21.9 Å². The maximum absolute atomic E-state index is 12.8. The van der Waals surface area contributed by atoms with Crippen LogP contribution in [0.5, 0.6) is 0 Å². The second kappa shape index (κ2) is 7.20. The molecule has 0 aliphatic heterocycles.